The summed E-state index contributed by atoms with van der Waals surface area (Å²) in [5.41, 5.74) is 7.43. The van der Waals surface area contributed by atoms with Crippen LogP contribution in [-0.4, -0.2) is 18.9 Å². The highest BCUT2D eigenvalue weighted by Crippen LogP contribution is 2.15. The molecule has 112 valence electrons. The Hall–Kier alpha value is -1.86. The number of nitrogens with zero attached hydrogens (tertiary/aromatic N) is 1. The fourth-order valence-electron chi connectivity index (χ4n) is 0.991. The zero-order valence-electron chi connectivity index (χ0n) is 11.1. The number of rotatable bonds is 5. The van der Waals surface area contributed by atoms with Gasteiger partial charge in [0, 0.05) is 0 Å². The number of nitrogens with two attached hydrogens (primary N) is 2. The molecule has 1 aromatic carbocycles. The number of hydrogen-bond donors (Lipinski definition) is 3. The standard InChI is InChI=1S/C7H4ClFO.C5H14N4O/c8-6-2-1-3-7(9)5(6)4-10;1-2-3-4-10-9-5(6)8-7/h1-4H;2-4,7H2,1H3,(H3,6,8,9). The average Bonchev–Trinajstić information content (AvgIpc) is 2.44. The highest BCUT2D eigenvalue weighted by Gasteiger charge is 2.03. The molecule has 0 amide bonds. The van der Waals surface area contributed by atoms with Crippen LogP contribution in [0.2, 0.25) is 5.02 Å². The molecule has 0 aliphatic rings. The van der Waals surface area contributed by atoms with Crippen LogP contribution in [0.4, 0.5) is 4.39 Å². The molecule has 0 spiro atoms. The quantitative estimate of drug-likeness (QED) is 0.192. The minimum Gasteiger partial charge on any atom is -0.367 e. The maximum Gasteiger partial charge on any atom is 0.234 e. The van der Waals surface area contributed by atoms with Crippen molar-refractivity contribution in [2.45, 2.75) is 19.8 Å². The van der Waals surface area contributed by atoms with Crippen molar-refractivity contribution in [2.75, 3.05) is 6.61 Å². The van der Waals surface area contributed by atoms with E-state index >= 15 is 0 Å². The van der Waals surface area contributed by atoms with Gasteiger partial charge in [-0.05, 0) is 18.6 Å². The first kappa shape index (κ1) is 18.1. The molecule has 0 bridgehead atoms. The van der Waals surface area contributed by atoms with E-state index in [2.05, 4.69) is 17.5 Å². The summed E-state index contributed by atoms with van der Waals surface area (Å²) < 4.78 is 12.5. The van der Waals surface area contributed by atoms with Crippen LogP contribution in [0.1, 0.15) is 30.1 Å². The van der Waals surface area contributed by atoms with E-state index in [-0.39, 0.29) is 16.5 Å². The first-order valence-corrected chi connectivity index (χ1v) is 6.24. The summed E-state index contributed by atoms with van der Waals surface area (Å²) in [6.45, 7) is 2.69. The van der Waals surface area contributed by atoms with Gasteiger partial charge in [0.15, 0.2) is 6.29 Å². The van der Waals surface area contributed by atoms with Crippen LogP contribution in [0, 0.1) is 5.82 Å². The summed E-state index contributed by atoms with van der Waals surface area (Å²) in [6, 6.07) is 4.11. The second-order valence-electron chi connectivity index (χ2n) is 3.57. The van der Waals surface area contributed by atoms with E-state index in [1.165, 1.54) is 18.2 Å². The van der Waals surface area contributed by atoms with Gasteiger partial charge in [-0.1, -0.05) is 31.0 Å². The van der Waals surface area contributed by atoms with Crippen molar-refractivity contribution in [3.63, 3.8) is 0 Å². The second kappa shape index (κ2) is 11.0. The van der Waals surface area contributed by atoms with Crippen LogP contribution in [0.5, 0.6) is 0 Å². The summed E-state index contributed by atoms with van der Waals surface area (Å²) in [5, 5.41) is 3.29. The van der Waals surface area contributed by atoms with Crippen molar-refractivity contribution < 1.29 is 14.0 Å². The fraction of sp³-hybridized carbons (Fsp3) is 0.333. The van der Waals surface area contributed by atoms with Crippen molar-refractivity contribution in [3.8, 4) is 0 Å². The van der Waals surface area contributed by atoms with Crippen molar-refractivity contribution >= 4 is 23.8 Å². The molecule has 1 rings (SSSR count). The zero-order chi connectivity index (χ0) is 15.4. The minimum atomic E-state index is -0.581. The number of benzene rings is 1. The third-order valence-electron chi connectivity index (χ3n) is 2.03. The van der Waals surface area contributed by atoms with Crippen LogP contribution in [0.15, 0.2) is 23.3 Å². The van der Waals surface area contributed by atoms with Crippen LogP contribution >= 0.6 is 11.6 Å². The first-order chi connectivity index (χ1) is 9.56. The third-order valence-corrected chi connectivity index (χ3v) is 2.36. The van der Waals surface area contributed by atoms with Crippen LogP contribution in [0.3, 0.4) is 0 Å². The molecule has 0 heterocycles. The number of hydrogen-bond acceptors (Lipinski definition) is 4. The highest BCUT2D eigenvalue weighted by molar-refractivity contribution is 6.32. The monoisotopic (exact) mass is 304 g/mol. The summed E-state index contributed by atoms with van der Waals surface area (Å²) >= 11 is 5.46. The summed E-state index contributed by atoms with van der Waals surface area (Å²) in [6.07, 6.45) is 2.48. The predicted molar refractivity (Wildman–Crippen MR) is 76.6 cm³/mol. The molecular weight excluding hydrogens is 287 g/mol. The Morgan fingerprint density at radius 2 is 2.30 bits per heavy atom. The van der Waals surface area contributed by atoms with Gasteiger partial charge in [0.05, 0.1) is 17.2 Å². The first-order valence-electron chi connectivity index (χ1n) is 5.87. The molecule has 0 unspecified atom stereocenters. The van der Waals surface area contributed by atoms with Gasteiger partial charge in [-0.3, -0.25) is 9.63 Å². The zero-order valence-corrected chi connectivity index (χ0v) is 11.9. The van der Waals surface area contributed by atoms with E-state index < -0.39 is 5.82 Å². The summed E-state index contributed by atoms with van der Waals surface area (Å²) in [7, 11) is 0. The number of hydrazone groups is 1. The Morgan fingerprint density at radius 3 is 2.75 bits per heavy atom. The van der Waals surface area contributed by atoms with E-state index in [4.69, 9.17) is 28.0 Å². The lowest BCUT2D eigenvalue weighted by Gasteiger charge is -2.02. The third kappa shape index (κ3) is 7.55. The Balaban J connectivity index is 0.000000361. The van der Waals surface area contributed by atoms with E-state index in [0.717, 1.165) is 12.8 Å². The molecular formula is C12H18ClFN4O2. The molecule has 0 aliphatic carbocycles. The Kier molecular flexibility index (Phi) is 9.98. The Morgan fingerprint density at radius 1 is 1.60 bits per heavy atom. The van der Waals surface area contributed by atoms with Gasteiger partial charge in [0.2, 0.25) is 5.96 Å². The fourth-order valence-corrected chi connectivity index (χ4v) is 1.20. The molecule has 0 saturated heterocycles. The van der Waals surface area contributed by atoms with E-state index in [0.29, 0.717) is 12.9 Å². The van der Waals surface area contributed by atoms with E-state index in [9.17, 15) is 9.18 Å². The molecule has 6 nitrogen and oxygen atoms in total. The predicted octanol–water partition coefficient (Wildman–Crippen LogP) is 1.79. The lowest BCUT2D eigenvalue weighted by Crippen LogP contribution is -2.32. The largest absolute Gasteiger partial charge is 0.367 e. The van der Waals surface area contributed by atoms with E-state index in [1.807, 2.05) is 0 Å². The average molecular weight is 305 g/mol. The SMILES string of the molecule is CCCCON/C(N)=N/N.O=Cc1c(F)cccc1Cl. The van der Waals surface area contributed by atoms with E-state index in [1.54, 1.807) is 0 Å². The number of unbranched alkanes of at least 4 members (excludes halogenated alkanes) is 1. The Labute approximate surface area is 121 Å². The van der Waals surface area contributed by atoms with Gasteiger partial charge in [0.1, 0.15) is 5.82 Å². The van der Waals surface area contributed by atoms with Gasteiger partial charge in [-0.15, -0.1) is 5.10 Å². The molecule has 8 heteroatoms. The second-order valence-corrected chi connectivity index (χ2v) is 3.98. The number of halogens is 2. The maximum atomic E-state index is 12.5. The van der Waals surface area contributed by atoms with Crippen LogP contribution in [-0.2, 0) is 4.84 Å². The molecule has 0 aliphatic heterocycles. The smallest absolute Gasteiger partial charge is 0.234 e. The number of hydroxylamine groups is 1. The number of carbonyl (C=O) groups excluding carboxylic acids is 1. The highest BCUT2D eigenvalue weighted by atomic mass is 35.5. The molecule has 0 radical (unpaired) electrons. The van der Waals surface area contributed by atoms with Crippen molar-refractivity contribution in [1.29, 1.82) is 0 Å². The number of carbonyl (C=O) groups is 1. The van der Waals surface area contributed by atoms with Crippen LogP contribution < -0.4 is 17.1 Å². The van der Waals surface area contributed by atoms with Gasteiger partial charge >= 0.3 is 0 Å². The lowest BCUT2D eigenvalue weighted by atomic mass is 10.2. The van der Waals surface area contributed by atoms with Gasteiger partial charge in [-0.2, -0.15) is 0 Å². The van der Waals surface area contributed by atoms with Gasteiger partial charge < -0.3 is 11.6 Å². The van der Waals surface area contributed by atoms with Crippen molar-refractivity contribution in [1.82, 2.24) is 5.48 Å². The lowest BCUT2D eigenvalue weighted by molar-refractivity contribution is 0.0816. The molecule has 0 saturated carbocycles. The topological polar surface area (TPSA) is 103 Å². The summed E-state index contributed by atoms with van der Waals surface area (Å²) in [5.74, 6) is 4.32. The number of nitrogens with one attached hydrogen (secondary N) is 1. The Bertz CT molecular complexity index is 423. The molecule has 0 fully saturated rings. The molecule has 5 N–H and O–H groups in total. The summed E-state index contributed by atoms with van der Waals surface area (Å²) in [4.78, 5) is 15.0. The van der Waals surface area contributed by atoms with Gasteiger partial charge in [0.25, 0.3) is 0 Å². The molecule has 20 heavy (non-hydrogen) atoms. The number of guanidine groups is 1. The normalized spacial score (nSPS) is 10.4. The van der Waals surface area contributed by atoms with Crippen LogP contribution in [0.25, 0.3) is 0 Å². The van der Waals surface area contributed by atoms with Crippen molar-refractivity contribution in [2.24, 2.45) is 16.7 Å². The van der Waals surface area contributed by atoms with Crippen molar-refractivity contribution in [3.05, 3.63) is 34.6 Å². The molecule has 1 aromatic rings. The minimum absolute atomic E-state index is 0.0795. The molecule has 0 atom stereocenters. The maximum absolute atomic E-state index is 12.5. The molecule has 0 aromatic heterocycles. The van der Waals surface area contributed by atoms with Gasteiger partial charge in [-0.25, -0.2) is 9.87 Å². The number of aldehydes is 1.